The van der Waals surface area contributed by atoms with Crippen LogP contribution in [0.1, 0.15) is 12.5 Å². The number of aromatic nitrogens is 3. The van der Waals surface area contributed by atoms with Gasteiger partial charge in [0, 0.05) is 27.8 Å². The highest BCUT2D eigenvalue weighted by atomic mass is 35.5. The molecule has 0 amide bonds. The summed E-state index contributed by atoms with van der Waals surface area (Å²) in [5.74, 6) is 1.74. The molecular formula is C18H18ClN3S2. The third kappa shape index (κ3) is 3.97. The van der Waals surface area contributed by atoms with Gasteiger partial charge in [0.15, 0.2) is 11.0 Å². The van der Waals surface area contributed by atoms with Gasteiger partial charge in [0.2, 0.25) is 0 Å². The second-order valence-corrected chi connectivity index (χ2v) is 7.46. The Morgan fingerprint density at radius 1 is 1.08 bits per heavy atom. The Bertz CT molecular complexity index is 815. The van der Waals surface area contributed by atoms with Crippen LogP contribution < -0.4 is 0 Å². The molecule has 24 heavy (non-hydrogen) atoms. The molecule has 0 aliphatic heterocycles. The third-order valence-electron chi connectivity index (χ3n) is 3.64. The minimum Gasteiger partial charge on any atom is -0.302 e. The predicted octanol–water partition coefficient (Wildman–Crippen LogP) is 5.63. The average molecular weight is 376 g/mol. The summed E-state index contributed by atoms with van der Waals surface area (Å²) in [5, 5.41) is 10.4. The van der Waals surface area contributed by atoms with Crippen molar-refractivity contribution in [1.29, 1.82) is 0 Å². The van der Waals surface area contributed by atoms with Crippen LogP contribution in [0.4, 0.5) is 0 Å². The molecule has 0 saturated carbocycles. The van der Waals surface area contributed by atoms with Gasteiger partial charge in [-0.3, -0.25) is 0 Å². The van der Waals surface area contributed by atoms with Crippen molar-refractivity contribution in [3.8, 4) is 11.4 Å². The summed E-state index contributed by atoms with van der Waals surface area (Å²) in [7, 11) is 0. The zero-order valence-corrected chi connectivity index (χ0v) is 16.0. The highest BCUT2D eigenvalue weighted by Crippen LogP contribution is 2.28. The first-order chi connectivity index (χ1) is 11.7. The smallest absolute Gasteiger partial charge is 0.191 e. The molecule has 0 aliphatic carbocycles. The Hall–Kier alpha value is -1.43. The van der Waals surface area contributed by atoms with Crippen LogP contribution in [0, 0.1) is 0 Å². The molecule has 3 aromatic rings. The number of rotatable bonds is 6. The molecule has 2 aromatic carbocycles. The number of benzene rings is 2. The molecule has 0 spiro atoms. The summed E-state index contributed by atoms with van der Waals surface area (Å²) in [4.78, 5) is 1.28. The number of thioether (sulfide) groups is 2. The number of hydrogen-bond donors (Lipinski definition) is 0. The maximum absolute atomic E-state index is 6.10. The number of nitrogens with zero attached hydrogens (tertiary/aromatic N) is 3. The predicted molar refractivity (Wildman–Crippen MR) is 104 cm³/mol. The van der Waals surface area contributed by atoms with Crippen LogP contribution in [0.3, 0.4) is 0 Å². The van der Waals surface area contributed by atoms with E-state index in [0.717, 1.165) is 28.8 Å². The van der Waals surface area contributed by atoms with Gasteiger partial charge in [-0.15, -0.1) is 22.0 Å². The van der Waals surface area contributed by atoms with Crippen molar-refractivity contribution < 1.29 is 0 Å². The Kier molecular flexibility index (Phi) is 5.87. The maximum atomic E-state index is 6.10. The summed E-state index contributed by atoms with van der Waals surface area (Å²) in [6, 6.07) is 16.4. The molecule has 0 N–H and O–H groups in total. The normalized spacial score (nSPS) is 11.0. The van der Waals surface area contributed by atoms with E-state index in [1.54, 1.807) is 23.5 Å². The Morgan fingerprint density at radius 3 is 2.54 bits per heavy atom. The molecule has 0 radical (unpaired) electrons. The highest BCUT2D eigenvalue weighted by Gasteiger charge is 2.13. The van der Waals surface area contributed by atoms with E-state index >= 15 is 0 Å². The lowest BCUT2D eigenvalue weighted by atomic mass is 10.2. The zero-order chi connectivity index (χ0) is 16.9. The first-order valence-corrected chi connectivity index (χ1v) is 10.2. The number of hydrogen-bond acceptors (Lipinski definition) is 4. The standard InChI is InChI=1S/C18H18ClN3S2/c1-3-22-17(14-5-4-6-15(19)11-14)20-21-18(22)24-12-13-7-9-16(23-2)10-8-13/h4-11H,3,12H2,1-2H3. The summed E-state index contributed by atoms with van der Waals surface area (Å²) < 4.78 is 2.13. The minimum absolute atomic E-state index is 0.709. The third-order valence-corrected chi connectivity index (χ3v) is 5.66. The first-order valence-electron chi connectivity index (χ1n) is 7.66. The minimum atomic E-state index is 0.709. The molecule has 1 aromatic heterocycles. The molecule has 0 fully saturated rings. The molecular weight excluding hydrogens is 358 g/mol. The van der Waals surface area contributed by atoms with Gasteiger partial charge in [0.05, 0.1) is 0 Å². The molecule has 0 atom stereocenters. The highest BCUT2D eigenvalue weighted by molar-refractivity contribution is 7.98. The molecule has 0 unspecified atom stereocenters. The van der Waals surface area contributed by atoms with E-state index in [2.05, 4.69) is 52.2 Å². The molecule has 1 heterocycles. The van der Waals surface area contributed by atoms with Crippen LogP contribution in [-0.4, -0.2) is 21.0 Å². The van der Waals surface area contributed by atoms with Crippen LogP contribution >= 0.6 is 35.1 Å². The zero-order valence-electron chi connectivity index (χ0n) is 13.6. The second kappa shape index (κ2) is 8.10. The van der Waals surface area contributed by atoms with Crippen molar-refractivity contribution in [2.24, 2.45) is 0 Å². The van der Waals surface area contributed by atoms with Crippen molar-refractivity contribution >= 4 is 35.1 Å². The Labute approximate surface area is 155 Å². The lowest BCUT2D eigenvalue weighted by Crippen LogP contribution is -1.99. The van der Waals surface area contributed by atoms with Crippen LogP contribution in [0.5, 0.6) is 0 Å². The first kappa shape index (κ1) is 17.4. The summed E-state index contributed by atoms with van der Waals surface area (Å²) >= 11 is 9.56. The van der Waals surface area contributed by atoms with Gasteiger partial charge in [-0.1, -0.05) is 47.6 Å². The van der Waals surface area contributed by atoms with Crippen molar-refractivity contribution in [3.63, 3.8) is 0 Å². The molecule has 0 bridgehead atoms. The van der Waals surface area contributed by atoms with E-state index in [4.69, 9.17) is 11.6 Å². The molecule has 124 valence electrons. The van der Waals surface area contributed by atoms with Gasteiger partial charge in [0.25, 0.3) is 0 Å². The van der Waals surface area contributed by atoms with Crippen molar-refractivity contribution in [1.82, 2.24) is 14.8 Å². The maximum Gasteiger partial charge on any atom is 0.191 e. The van der Waals surface area contributed by atoms with Crippen LogP contribution in [0.15, 0.2) is 58.6 Å². The van der Waals surface area contributed by atoms with E-state index in [-0.39, 0.29) is 0 Å². The van der Waals surface area contributed by atoms with E-state index in [0.29, 0.717) is 5.02 Å². The van der Waals surface area contributed by atoms with Crippen LogP contribution in [0.2, 0.25) is 5.02 Å². The van der Waals surface area contributed by atoms with E-state index in [9.17, 15) is 0 Å². The van der Waals surface area contributed by atoms with Crippen molar-refractivity contribution in [3.05, 3.63) is 59.1 Å². The molecule has 3 nitrogen and oxygen atoms in total. The molecule has 3 rings (SSSR count). The largest absolute Gasteiger partial charge is 0.302 e. The van der Waals surface area contributed by atoms with Gasteiger partial charge < -0.3 is 4.57 Å². The van der Waals surface area contributed by atoms with Gasteiger partial charge >= 0.3 is 0 Å². The SMILES string of the molecule is CCn1c(SCc2ccc(SC)cc2)nnc1-c1cccc(Cl)c1. The lowest BCUT2D eigenvalue weighted by Gasteiger charge is -2.08. The molecule has 6 heteroatoms. The Morgan fingerprint density at radius 2 is 1.88 bits per heavy atom. The monoisotopic (exact) mass is 375 g/mol. The van der Waals surface area contributed by atoms with Crippen LogP contribution in [0.25, 0.3) is 11.4 Å². The Balaban J connectivity index is 1.79. The molecule has 0 saturated heterocycles. The fourth-order valence-corrected chi connectivity index (χ4v) is 3.95. The van der Waals surface area contributed by atoms with Gasteiger partial charge in [0.1, 0.15) is 0 Å². The van der Waals surface area contributed by atoms with Crippen LogP contribution in [-0.2, 0) is 12.3 Å². The van der Waals surface area contributed by atoms with Gasteiger partial charge in [-0.2, -0.15) is 0 Å². The quantitative estimate of drug-likeness (QED) is 0.522. The van der Waals surface area contributed by atoms with Crippen molar-refractivity contribution in [2.75, 3.05) is 6.26 Å². The summed E-state index contributed by atoms with van der Waals surface area (Å²) in [6.07, 6.45) is 2.09. The summed E-state index contributed by atoms with van der Waals surface area (Å²) in [6.45, 7) is 2.93. The molecule has 0 aliphatic rings. The van der Waals surface area contributed by atoms with E-state index in [1.807, 2.05) is 24.3 Å². The van der Waals surface area contributed by atoms with Crippen molar-refractivity contribution in [2.45, 2.75) is 29.3 Å². The average Bonchev–Trinajstić information content (AvgIpc) is 3.03. The van der Waals surface area contributed by atoms with Gasteiger partial charge in [-0.05, 0) is 43.0 Å². The van der Waals surface area contributed by atoms with E-state index in [1.165, 1.54) is 10.5 Å². The lowest BCUT2D eigenvalue weighted by molar-refractivity contribution is 0.687. The van der Waals surface area contributed by atoms with Gasteiger partial charge in [-0.25, -0.2) is 0 Å². The topological polar surface area (TPSA) is 30.7 Å². The van der Waals surface area contributed by atoms with E-state index < -0.39 is 0 Å². The fourth-order valence-electron chi connectivity index (χ4n) is 2.39. The fraction of sp³-hybridized carbons (Fsp3) is 0.222. The number of halogens is 1. The second-order valence-electron chi connectivity index (χ2n) is 5.20. The summed E-state index contributed by atoms with van der Waals surface area (Å²) in [5.41, 5.74) is 2.28.